The molecule has 0 N–H and O–H groups in total. The predicted molar refractivity (Wildman–Crippen MR) is 148 cm³/mol. The van der Waals surface area contributed by atoms with Gasteiger partial charge in [0.25, 0.3) is 0 Å². The molecule has 0 aliphatic heterocycles. The fourth-order valence-electron chi connectivity index (χ4n) is 2.51. The zero-order chi connectivity index (χ0) is 24.3. The van der Waals surface area contributed by atoms with E-state index in [1.807, 2.05) is 51.1 Å². The average molecular weight is 510 g/mol. The highest BCUT2D eigenvalue weighted by Gasteiger charge is 2.11. The first-order chi connectivity index (χ1) is 15.1. The molecule has 6 heteroatoms. The fourth-order valence-corrected chi connectivity index (χ4v) is 4.97. The molecule has 0 radical (unpaired) electrons. The molecule has 0 spiro atoms. The van der Waals surface area contributed by atoms with E-state index in [4.69, 9.17) is 34.4 Å². The number of ether oxygens (including phenoxy) is 1. The molecular weight excluding hydrogens is 479 g/mol. The lowest BCUT2D eigenvalue weighted by atomic mass is 10.0. The van der Waals surface area contributed by atoms with Crippen LogP contribution in [0, 0.1) is 19.3 Å². The van der Waals surface area contributed by atoms with Crippen LogP contribution in [0.2, 0.25) is 5.02 Å². The minimum Gasteiger partial charge on any atom is -0.489 e. The summed E-state index contributed by atoms with van der Waals surface area (Å²) in [6, 6.07) is 11.9. The molecule has 0 saturated heterocycles. The average Bonchev–Trinajstić information content (AvgIpc) is 2.76. The molecule has 0 aromatic heterocycles. The van der Waals surface area contributed by atoms with Crippen molar-refractivity contribution in [3.63, 3.8) is 0 Å². The number of alkyl halides is 1. The third kappa shape index (κ3) is 9.00. The van der Waals surface area contributed by atoms with Crippen molar-refractivity contribution in [2.45, 2.75) is 27.2 Å². The Morgan fingerprint density at radius 2 is 1.91 bits per heavy atom. The third-order valence-electron chi connectivity index (χ3n) is 4.21. The molecular formula is C26H30Cl2O2S2. The molecule has 2 nitrogen and oxygen atoms in total. The number of aryl methyl sites for hydroxylation is 1. The van der Waals surface area contributed by atoms with Crippen LogP contribution in [0.15, 0.2) is 58.2 Å². The lowest BCUT2D eigenvalue weighted by Gasteiger charge is -2.12. The van der Waals surface area contributed by atoms with Crippen LogP contribution in [0.1, 0.15) is 31.4 Å². The Balaban J connectivity index is 0.000000368. The molecule has 1 unspecified atom stereocenters. The lowest BCUT2D eigenvalue weighted by molar-refractivity contribution is 0.342. The maximum absolute atomic E-state index is 11.5. The Morgan fingerprint density at radius 3 is 2.38 bits per heavy atom. The van der Waals surface area contributed by atoms with Crippen LogP contribution >= 0.6 is 35.0 Å². The smallest absolute Gasteiger partial charge is 0.153 e. The largest absolute Gasteiger partial charge is 0.489 e. The van der Waals surface area contributed by atoms with Crippen molar-refractivity contribution in [2.24, 2.45) is 0 Å². The second-order valence-electron chi connectivity index (χ2n) is 6.99. The summed E-state index contributed by atoms with van der Waals surface area (Å²) in [6.07, 6.45) is 9.94. The number of thioether (sulfide) groups is 1. The van der Waals surface area contributed by atoms with Gasteiger partial charge in [0.1, 0.15) is 6.61 Å². The van der Waals surface area contributed by atoms with Gasteiger partial charge in [-0.2, -0.15) is 0 Å². The Morgan fingerprint density at radius 1 is 1.28 bits per heavy atom. The van der Waals surface area contributed by atoms with Crippen molar-refractivity contribution in [3.05, 3.63) is 74.3 Å². The fraction of sp³-hybridized carbons (Fsp3) is 0.269. The highest BCUT2D eigenvalue weighted by atomic mass is 35.5. The van der Waals surface area contributed by atoms with Gasteiger partial charge in [-0.05, 0) is 63.8 Å². The van der Waals surface area contributed by atoms with Gasteiger partial charge in [-0.25, -0.2) is 0 Å². The van der Waals surface area contributed by atoms with E-state index < -0.39 is 9.52 Å². The first-order valence-electron chi connectivity index (χ1n) is 9.97. The monoisotopic (exact) mass is 508 g/mol. The zero-order valence-electron chi connectivity index (χ0n) is 19.0. The number of benzene rings is 2. The van der Waals surface area contributed by atoms with Gasteiger partial charge in [-0.15, -0.1) is 18.0 Å². The number of hydrogen-bond donors (Lipinski definition) is 0. The summed E-state index contributed by atoms with van der Waals surface area (Å²) in [4.78, 5) is 1.03. The van der Waals surface area contributed by atoms with E-state index in [1.165, 1.54) is 17.3 Å². The van der Waals surface area contributed by atoms with Crippen LogP contribution in [0.3, 0.4) is 0 Å². The maximum atomic E-state index is 11.5. The number of allylic oxidation sites excluding steroid dienone is 2. The molecule has 0 aliphatic rings. The third-order valence-corrected chi connectivity index (χ3v) is 8.05. The number of terminal acetylenes is 1. The topological polar surface area (TPSA) is 26.3 Å². The molecule has 0 heterocycles. The first-order valence-corrected chi connectivity index (χ1v) is 13.8. The second-order valence-corrected chi connectivity index (χ2v) is 11.7. The Hall–Kier alpha value is -1.77. The van der Waals surface area contributed by atoms with E-state index in [0.29, 0.717) is 28.8 Å². The van der Waals surface area contributed by atoms with Crippen LogP contribution in [0.25, 0.3) is 11.1 Å². The number of rotatable bonds is 8. The quantitative estimate of drug-likeness (QED) is 0.207. The van der Waals surface area contributed by atoms with E-state index in [2.05, 4.69) is 30.5 Å². The van der Waals surface area contributed by atoms with Crippen molar-refractivity contribution >= 4 is 50.4 Å². The molecule has 0 bridgehead atoms. The maximum Gasteiger partial charge on any atom is 0.153 e. The summed E-state index contributed by atoms with van der Waals surface area (Å²) >= 11 is 13.4. The molecule has 0 fully saturated rings. The molecule has 32 heavy (non-hydrogen) atoms. The first kappa shape index (κ1) is 28.3. The van der Waals surface area contributed by atoms with Crippen LogP contribution < -0.4 is 4.74 Å². The summed E-state index contributed by atoms with van der Waals surface area (Å²) in [5, 5.41) is 0.501. The van der Waals surface area contributed by atoms with E-state index in [1.54, 1.807) is 6.26 Å². The lowest BCUT2D eigenvalue weighted by Crippen LogP contribution is -2.01. The molecule has 2 aromatic carbocycles. The van der Waals surface area contributed by atoms with Crippen LogP contribution in [0.5, 0.6) is 5.75 Å². The van der Waals surface area contributed by atoms with E-state index in [9.17, 15) is 4.21 Å². The molecule has 0 saturated carbocycles. The summed E-state index contributed by atoms with van der Waals surface area (Å²) < 4.78 is 17.9. The highest BCUT2D eigenvalue weighted by Crippen LogP contribution is 2.34. The van der Waals surface area contributed by atoms with Gasteiger partial charge in [0.05, 0.1) is 20.7 Å². The predicted octanol–water partition coefficient (Wildman–Crippen LogP) is 7.77. The van der Waals surface area contributed by atoms with Crippen molar-refractivity contribution in [2.75, 3.05) is 18.7 Å². The Labute approximate surface area is 208 Å². The summed E-state index contributed by atoms with van der Waals surface area (Å²) in [5.74, 6) is 7.15. The summed E-state index contributed by atoms with van der Waals surface area (Å²) in [6.45, 7) is 10.2. The standard InChI is InChI=1S/C17H14Cl2O.C9H16OS2/c1-3-13-10-15(14-6-4-12(2)5-7-14)11-16(19)17(13)20-9-8-18;1-6-8(3)11-9(7-2)12(4,5)10/h1,4-7,10-11H,8-9H2,2H3;7H,3-4,6H2,1-2,5H3/b;9-7+. The molecule has 0 amide bonds. The molecule has 2 aromatic rings. The highest BCUT2D eigenvalue weighted by molar-refractivity contribution is 8.23. The van der Waals surface area contributed by atoms with Crippen LogP contribution in [-0.2, 0) is 9.52 Å². The van der Waals surface area contributed by atoms with Gasteiger partial charge >= 0.3 is 0 Å². The van der Waals surface area contributed by atoms with Gasteiger partial charge in [0.15, 0.2) is 5.75 Å². The van der Waals surface area contributed by atoms with Crippen molar-refractivity contribution in [1.29, 1.82) is 0 Å². The summed E-state index contributed by atoms with van der Waals surface area (Å²) in [5.41, 5.74) is 3.89. The van der Waals surface area contributed by atoms with Crippen LogP contribution in [-0.4, -0.2) is 28.8 Å². The molecule has 172 valence electrons. The van der Waals surface area contributed by atoms with E-state index in [0.717, 1.165) is 26.7 Å². The van der Waals surface area contributed by atoms with Crippen molar-refractivity contribution in [1.82, 2.24) is 0 Å². The van der Waals surface area contributed by atoms with E-state index >= 15 is 0 Å². The zero-order valence-corrected chi connectivity index (χ0v) is 22.2. The van der Waals surface area contributed by atoms with Crippen molar-refractivity contribution < 1.29 is 8.95 Å². The minimum atomic E-state index is -2.06. The number of hydrogen-bond acceptors (Lipinski definition) is 3. The molecule has 1 atom stereocenters. The van der Waals surface area contributed by atoms with Crippen LogP contribution in [0.4, 0.5) is 0 Å². The van der Waals surface area contributed by atoms with Gasteiger partial charge in [-0.3, -0.25) is 4.21 Å². The SMILES string of the molecule is C#Cc1cc(-c2ccc(C)cc2)cc(Cl)c1OCCCl.C=C(CC)S/C(=C\C)S(=C)(C)=O. The summed E-state index contributed by atoms with van der Waals surface area (Å²) in [7, 11) is -2.06. The molecule has 0 aliphatic carbocycles. The van der Waals surface area contributed by atoms with Crippen molar-refractivity contribution in [3.8, 4) is 29.2 Å². The minimum absolute atomic E-state index is 0.375. The van der Waals surface area contributed by atoms with Gasteiger partial charge in [-0.1, -0.05) is 78.7 Å². The molecule has 2 rings (SSSR count). The Kier molecular flexibility index (Phi) is 12.1. The van der Waals surface area contributed by atoms with Gasteiger partial charge < -0.3 is 4.74 Å². The van der Waals surface area contributed by atoms with E-state index in [-0.39, 0.29) is 0 Å². The number of halogens is 2. The normalized spacial score (nSPS) is 12.7. The van der Waals surface area contributed by atoms with Gasteiger partial charge in [0.2, 0.25) is 0 Å². The Bertz CT molecular complexity index is 1090. The van der Waals surface area contributed by atoms with Gasteiger partial charge in [0, 0.05) is 6.26 Å². The second kappa shape index (κ2) is 13.7.